The summed E-state index contributed by atoms with van der Waals surface area (Å²) in [7, 11) is 1.42. The van der Waals surface area contributed by atoms with E-state index in [2.05, 4.69) is 10.6 Å². The van der Waals surface area contributed by atoms with Gasteiger partial charge in [-0.15, -0.1) is 0 Å². The minimum atomic E-state index is -0.695. The van der Waals surface area contributed by atoms with Gasteiger partial charge in [-0.3, -0.25) is 9.69 Å². The summed E-state index contributed by atoms with van der Waals surface area (Å²) >= 11 is 0. The van der Waals surface area contributed by atoms with Crippen molar-refractivity contribution < 1.29 is 24.2 Å². The Kier molecular flexibility index (Phi) is 6.51. The zero-order chi connectivity index (χ0) is 23.8. The van der Waals surface area contributed by atoms with Gasteiger partial charge in [-0.05, 0) is 69.9 Å². The van der Waals surface area contributed by atoms with Gasteiger partial charge >= 0.3 is 12.1 Å². The third kappa shape index (κ3) is 4.17. The second kappa shape index (κ2) is 9.56. The maximum absolute atomic E-state index is 12.6. The van der Waals surface area contributed by atoms with Gasteiger partial charge in [0, 0.05) is 37.3 Å². The van der Waals surface area contributed by atoms with Crippen molar-refractivity contribution in [1.29, 1.82) is 0 Å². The molecule has 3 heterocycles. The number of nitrogens with zero attached hydrogens (tertiary/aromatic N) is 3. The Bertz CT molecular complexity index is 1070. The van der Waals surface area contributed by atoms with Crippen LogP contribution in [0.4, 0.5) is 10.5 Å². The number of methoxy groups -OCH3 is 1. The SMILES string of the molecule is COC(=O)N1c2ccc3c(nc(CCC4CCOC4)n3[C@@H]3CCC[C@@H](C(=O)O)C3)c2CCC1C. The number of aromatic nitrogens is 2. The summed E-state index contributed by atoms with van der Waals surface area (Å²) in [6.07, 6.45) is 7.60. The van der Waals surface area contributed by atoms with Gasteiger partial charge in [0.2, 0.25) is 0 Å². The minimum absolute atomic E-state index is 0.0657. The topological polar surface area (TPSA) is 93.9 Å². The van der Waals surface area contributed by atoms with Crippen LogP contribution in [-0.2, 0) is 27.1 Å². The Morgan fingerprint density at radius 1 is 1.24 bits per heavy atom. The summed E-state index contributed by atoms with van der Waals surface area (Å²) in [6, 6.07) is 4.29. The summed E-state index contributed by atoms with van der Waals surface area (Å²) in [5.74, 6) is 0.588. The second-order valence-electron chi connectivity index (χ2n) is 10.2. The van der Waals surface area contributed by atoms with Crippen LogP contribution in [0, 0.1) is 11.8 Å². The van der Waals surface area contributed by atoms with E-state index in [9.17, 15) is 14.7 Å². The molecular formula is C26H35N3O5. The molecule has 8 heteroatoms. The van der Waals surface area contributed by atoms with Gasteiger partial charge < -0.3 is 19.1 Å². The molecular weight excluding hydrogens is 434 g/mol. The molecule has 2 aromatic rings. The molecule has 4 atom stereocenters. The quantitative estimate of drug-likeness (QED) is 0.680. The number of ether oxygens (including phenoxy) is 2. The lowest BCUT2D eigenvalue weighted by Crippen LogP contribution is -2.42. The number of aryl methyl sites for hydroxylation is 2. The molecule has 1 N–H and O–H groups in total. The zero-order valence-corrected chi connectivity index (χ0v) is 20.2. The largest absolute Gasteiger partial charge is 0.481 e. The number of carboxylic acid groups (broad SMARTS) is 1. The van der Waals surface area contributed by atoms with Gasteiger partial charge in [0.15, 0.2) is 0 Å². The molecule has 2 aliphatic heterocycles. The van der Waals surface area contributed by atoms with Gasteiger partial charge in [-0.1, -0.05) is 6.42 Å². The maximum Gasteiger partial charge on any atom is 0.414 e. The molecule has 1 aromatic carbocycles. The number of imidazole rings is 1. The van der Waals surface area contributed by atoms with E-state index in [0.717, 1.165) is 92.7 Å². The first-order chi connectivity index (χ1) is 16.5. The number of benzene rings is 1. The molecule has 0 radical (unpaired) electrons. The molecule has 184 valence electrons. The number of carbonyl (C=O) groups is 2. The average Bonchev–Trinajstić information content (AvgIpc) is 3.49. The summed E-state index contributed by atoms with van der Waals surface area (Å²) in [5.41, 5.74) is 3.99. The highest BCUT2D eigenvalue weighted by Crippen LogP contribution is 2.41. The van der Waals surface area contributed by atoms with Crippen LogP contribution in [0.2, 0.25) is 0 Å². The van der Waals surface area contributed by atoms with Gasteiger partial charge in [-0.2, -0.15) is 0 Å². The summed E-state index contributed by atoms with van der Waals surface area (Å²) in [4.78, 5) is 31.3. The summed E-state index contributed by atoms with van der Waals surface area (Å²) < 4.78 is 13.0. The Morgan fingerprint density at radius 2 is 2.09 bits per heavy atom. The van der Waals surface area contributed by atoms with Gasteiger partial charge in [0.25, 0.3) is 0 Å². The smallest absolute Gasteiger partial charge is 0.414 e. The lowest BCUT2D eigenvalue weighted by molar-refractivity contribution is -0.143. The van der Waals surface area contributed by atoms with Crippen molar-refractivity contribution in [2.75, 3.05) is 25.2 Å². The Labute approximate surface area is 200 Å². The van der Waals surface area contributed by atoms with Gasteiger partial charge in [0.1, 0.15) is 5.82 Å². The second-order valence-corrected chi connectivity index (χ2v) is 10.2. The predicted molar refractivity (Wildman–Crippen MR) is 128 cm³/mol. The molecule has 3 aliphatic rings. The van der Waals surface area contributed by atoms with Crippen LogP contribution >= 0.6 is 0 Å². The van der Waals surface area contributed by atoms with E-state index >= 15 is 0 Å². The third-order valence-corrected chi connectivity index (χ3v) is 8.06. The monoisotopic (exact) mass is 469 g/mol. The van der Waals surface area contributed by atoms with E-state index in [1.165, 1.54) is 7.11 Å². The maximum atomic E-state index is 12.6. The van der Waals surface area contributed by atoms with E-state index in [1.54, 1.807) is 4.90 Å². The van der Waals surface area contributed by atoms with Crippen LogP contribution in [0.5, 0.6) is 0 Å². The van der Waals surface area contributed by atoms with Crippen molar-refractivity contribution >= 4 is 28.8 Å². The van der Waals surface area contributed by atoms with Crippen LogP contribution in [0.15, 0.2) is 12.1 Å². The van der Waals surface area contributed by atoms with Crippen molar-refractivity contribution in [3.8, 4) is 0 Å². The highest BCUT2D eigenvalue weighted by molar-refractivity contribution is 5.95. The normalized spacial score (nSPS) is 27.1. The van der Waals surface area contributed by atoms with Crippen LogP contribution < -0.4 is 4.90 Å². The number of aliphatic carboxylic acids is 1. The number of fused-ring (bicyclic) bond motifs is 3. The Morgan fingerprint density at radius 3 is 2.82 bits per heavy atom. The number of rotatable bonds is 5. The molecule has 2 unspecified atom stereocenters. The third-order valence-electron chi connectivity index (χ3n) is 8.06. The number of anilines is 1. The molecule has 1 saturated heterocycles. The number of amides is 1. The highest BCUT2D eigenvalue weighted by Gasteiger charge is 2.34. The van der Waals surface area contributed by atoms with Gasteiger partial charge in [-0.25, -0.2) is 9.78 Å². The standard InChI is InChI=1S/C26H35N3O5/c1-16-6-8-20-21(28(16)26(32)33-2)9-10-22-24(20)27-23(11-7-17-12-13-34-15-17)29(22)19-5-3-4-18(14-19)25(30)31/h9-10,16-19H,3-8,11-15H2,1-2H3,(H,30,31)/t16?,17?,18-,19-/m1/s1. The average molecular weight is 470 g/mol. The first kappa shape index (κ1) is 23.1. The van der Waals surface area contributed by atoms with Crippen molar-refractivity contribution in [2.24, 2.45) is 11.8 Å². The van der Waals surface area contributed by atoms with Crippen LogP contribution in [-0.4, -0.2) is 53.1 Å². The Hall–Kier alpha value is -2.61. The molecule has 1 saturated carbocycles. The fraction of sp³-hybridized carbons (Fsp3) is 0.654. The minimum Gasteiger partial charge on any atom is -0.481 e. The number of carboxylic acids is 1. The zero-order valence-electron chi connectivity index (χ0n) is 20.2. The van der Waals surface area contributed by atoms with Crippen molar-refractivity contribution in [1.82, 2.24) is 9.55 Å². The van der Waals surface area contributed by atoms with Crippen molar-refractivity contribution in [2.45, 2.75) is 76.8 Å². The fourth-order valence-corrected chi connectivity index (χ4v) is 6.17. The summed E-state index contributed by atoms with van der Waals surface area (Å²) in [6.45, 7) is 3.69. The highest BCUT2D eigenvalue weighted by atomic mass is 16.5. The van der Waals surface area contributed by atoms with Crippen molar-refractivity contribution in [3.05, 3.63) is 23.5 Å². The number of hydrogen-bond donors (Lipinski definition) is 1. The fourth-order valence-electron chi connectivity index (χ4n) is 6.17. The van der Waals surface area contributed by atoms with E-state index in [-0.39, 0.29) is 24.1 Å². The molecule has 5 rings (SSSR count). The molecule has 0 spiro atoms. The molecule has 0 bridgehead atoms. The molecule has 1 amide bonds. The molecule has 34 heavy (non-hydrogen) atoms. The first-order valence-corrected chi connectivity index (χ1v) is 12.7. The number of hydrogen-bond acceptors (Lipinski definition) is 5. The van der Waals surface area contributed by atoms with Crippen LogP contribution in [0.1, 0.15) is 69.3 Å². The molecule has 8 nitrogen and oxygen atoms in total. The van der Waals surface area contributed by atoms with Crippen molar-refractivity contribution in [3.63, 3.8) is 0 Å². The molecule has 2 fully saturated rings. The predicted octanol–water partition coefficient (Wildman–Crippen LogP) is 4.73. The van der Waals surface area contributed by atoms with E-state index in [0.29, 0.717) is 12.3 Å². The van der Waals surface area contributed by atoms with E-state index in [4.69, 9.17) is 14.5 Å². The van der Waals surface area contributed by atoms with Gasteiger partial charge in [0.05, 0.1) is 29.7 Å². The number of carbonyl (C=O) groups excluding carboxylic acids is 1. The molecule has 1 aliphatic carbocycles. The van der Waals surface area contributed by atoms with Crippen LogP contribution in [0.25, 0.3) is 11.0 Å². The lowest BCUT2D eigenvalue weighted by Gasteiger charge is -2.34. The lowest BCUT2D eigenvalue weighted by atomic mass is 9.85. The van der Waals surface area contributed by atoms with E-state index < -0.39 is 5.97 Å². The first-order valence-electron chi connectivity index (χ1n) is 12.7. The summed E-state index contributed by atoms with van der Waals surface area (Å²) in [5, 5.41) is 9.68. The Balaban J connectivity index is 1.57. The van der Waals surface area contributed by atoms with E-state index in [1.807, 2.05) is 13.0 Å². The van der Waals surface area contributed by atoms with Crippen LogP contribution in [0.3, 0.4) is 0 Å². The molecule has 1 aromatic heterocycles.